The summed E-state index contributed by atoms with van der Waals surface area (Å²) in [5.74, 6) is 0.535. The van der Waals surface area contributed by atoms with Gasteiger partial charge in [-0.2, -0.15) is 5.26 Å². The van der Waals surface area contributed by atoms with Crippen LogP contribution < -0.4 is 24.3 Å². The monoisotopic (exact) mass is 458 g/mol. The summed E-state index contributed by atoms with van der Waals surface area (Å²) in [6.45, 7) is 0. The summed E-state index contributed by atoms with van der Waals surface area (Å²) in [7, 11) is 4.52. The van der Waals surface area contributed by atoms with Crippen molar-refractivity contribution in [1.29, 1.82) is 5.26 Å². The molecule has 0 heterocycles. The number of esters is 1. The molecule has 0 spiro atoms. The lowest BCUT2D eigenvalue weighted by atomic mass is 10.1. The Bertz CT molecular complexity index is 1240. The highest BCUT2D eigenvalue weighted by Gasteiger charge is 2.15. The zero-order chi connectivity index (χ0) is 24.5. The van der Waals surface area contributed by atoms with E-state index in [1.807, 2.05) is 6.07 Å². The van der Waals surface area contributed by atoms with Crippen molar-refractivity contribution in [2.75, 3.05) is 26.6 Å². The van der Waals surface area contributed by atoms with Crippen LogP contribution in [0.5, 0.6) is 23.0 Å². The second kappa shape index (κ2) is 11.2. The van der Waals surface area contributed by atoms with E-state index in [0.29, 0.717) is 34.1 Å². The summed E-state index contributed by atoms with van der Waals surface area (Å²) in [6, 6.07) is 19.8. The third-order valence-corrected chi connectivity index (χ3v) is 4.74. The molecule has 0 saturated carbocycles. The number of hydrogen-bond acceptors (Lipinski definition) is 7. The summed E-state index contributed by atoms with van der Waals surface area (Å²) in [5.41, 5.74) is 1.17. The van der Waals surface area contributed by atoms with E-state index in [9.17, 15) is 14.9 Å². The van der Waals surface area contributed by atoms with Crippen molar-refractivity contribution in [3.8, 4) is 29.1 Å². The molecule has 0 bridgehead atoms. The standard InChI is InChI=1S/C26H22N2O6/c1-31-21-9-5-18(6-10-21)26(30)34-24-15-17(4-13-23(24)33-3)14-19(16-27)25(29)28-20-7-11-22(32-2)12-8-20/h4-15H,1-3H3,(H,28,29)/b19-14+. The summed E-state index contributed by atoms with van der Waals surface area (Å²) in [4.78, 5) is 25.1. The lowest BCUT2D eigenvalue weighted by Crippen LogP contribution is -2.13. The molecule has 3 aromatic carbocycles. The van der Waals surface area contributed by atoms with Crippen LogP contribution in [0, 0.1) is 11.3 Å². The van der Waals surface area contributed by atoms with E-state index in [-0.39, 0.29) is 11.3 Å². The molecule has 1 N–H and O–H groups in total. The van der Waals surface area contributed by atoms with Crippen molar-refractivity contribution in [2.24, 2.45) is 0 Å². The van der Waals surface area contributed by atoms with E-state index in [1.165, 1.54) is 26.4 Å². The van der Waals surface area contributed by atoms with Gasteiger partial charge in [-0.15, -0.1) is 0 Å². The Balaban J connectivity index is 1.81. The first-order chi connectivity index (χ1) is 16.5. The minimum absolute atomic E-state index is 0.131. The molecule has 1 amide bonds. The number of carbonyl (C=O) groups is 2. The fraction of sp³-hybridized carbons (Fsp3) is 0.115. The Morgan fingerprint density at radius 3 is 2.00 bits per heavy atom. The zero-order valence-corrected chi connectivity index (χ0v) is 18.8. The van der Waals surface area contributed by atoms with Gasteiger partial charge >= 0.3 is 5.97 Å². The van der Waals surface area contributed by atoms with Crippen molar-refractivity contribution < 1.29 is 28.5 Å². The lowest BCUT2D eigenvalue weighted by Gasteiger charge is -2.11. The van der Waals surface area contributed by atoms with E-state index in [2.05, 4.69) is 5.32 Å². The second-order valence-electron chi connectivity index (χ2n) is 6.88. The van der Waals surface area contributed by atoms with Crippen molar-refractivity contribution in [3.05, 3.63) is 83.4 Å². The minimum atomic E-state index is -0.597. The number of methoxy groups -OCH3 is 3. The van der Waals surface area contributed by atoms with Crippen LogP contribution >= 0.6 is 0 Å². The van der Waals surface area contributed by atoms with E-state index >= 15 is 0 Å². The molecule has 172 valence electrons. The third-order valence-electron chi connectivity index (χ3n) is 4.74. The summed E-state index contributed by atoms with van der Waals surface area (Å²) in [6.07, 6.45) is 1.39. The molecule has 0 fully saturated rings. The van der Waals surface area contributed by atoms with Gasteiger partial charge in [0.15, 0.2) is 11.5 Å². The van der Waals surface area contributed by atoms with Crippen molar-refractivity contribution in [2.45, 2.75) is 0 Å². The maximum Gasteiger partial charge on any atom is 0.343 e. The van der Waals surface area contributed by atoms with Gasteiger partial charge in [0.1, 0.15) is 23.1 Å². The number of benzene rings is 3. The largest absolute Gasteiger partial charge is 0.497 e. The van der Waals surface area contributed by atoms with Gasteiger partial charge in [-0.1, -0.05) is 6.07 Å². The van der Waals surface area contributed by atoms with Gasteiger partial charge in [0, 0.05) is 5.69 Å². The van der Waals surface area contributed by atoms with Gasteiger partial charge in [-0.25, -0.2) is 4.79 Å². The third kappa shape index (κ3) is 5.93. The Hall–Kier alpha value is -4.77. The van der Waals surface area contributed by atoms with Crippen molar-refractivity contribution in [1.82, 2.24) is 0 Å². The number of amides is 1. The number of ether oxygens (including phenoxy) is 4. The van der Waals surface area contributed by atoms with Gasteiger partial charge in [0.05, 0.1) is 26.9 Å². The van der Waals surface area contributed by atoms with Gasteiger partial charge < -0.3 is 24.3 Å². The quantitative estimate of drug-likeness (QED) is 0.230. The fourth-order valence-corrected chi connectivity index (χ4v) is 2.94. The van der Waals surface area contributed by atoms with E-state index in [0.717, 1.165) is 0 Å². The number of anilines is 1. The number of carbonyl (C=O) groups excluding carboxylic acids is 2. The summed E-state index contributed by atoms with van der Waals surface area (Å²) >= 11 is 0. The van der Waals surface area contributed by atoms with E-state index < -0.39 is 11.9 Å². The minimum Gasteiger partial charge on any atom is -0.497 e. The van der Waals surface area contributed by atoms with Crippen LogP contribution in [0.15, 0.2) is 72.3 Å². The van der Waals surface area contributed by atoms with Crippen LogP contribution in [0.3, 0.4) is 0 Å². The van der Waals surface area contributed by atoms with Crippen LogP contribution in [-0.4, -0.2) is 33.2 Å². The smallest absolute Gasteiger partial charge is 0.343 e. The lowest BCUT2D eigenvalue weighted by molar-refractivity contribution is -0.112. The number of nitrogens with zero attached hydrogens (tertiary/aromatic N) is 1. The molecule has 34 heavy (non-hydrogen) atoms. The highest BCUT2D eigenvalue weighted by Crippen LogP contribution is 2.30. The predicted molar refractivity (Wildman–Crippen MR) is 126 cm³/mol. The molecule has 8 nitrogen and oxygen atoms in total. The Morgan fingerprint density at radius 1 is 0.824 bits per heavy atom. The summed E-state index contributed by atoms with van der Waals surface area (Å²) in [5, 5.41) is 12.2. The summed E-state index contributed by atoms with van der Waals surface area (Å²) < 4.78 is 21.0. The molecule has 0 aliphatic carbocycles. The number of rotatable bonds is 8. The average molecular weight is 458 g/mol. The highest BCUT2D eigenvalue weighted by atomic mass is 16.6. The second-order valence-corrected chi connectivity index (χ2v) is 6.88. The normalized spacial score (nSPS) is 10.6. The number of hydrogen-bond donors (Lipinski definition) is 1. The van der Waals surface area contributed by atoms with Crippen LogP contribution in [0.25, 0.3) is 6.08 Å². The Labute approximate surface area is 196 Å². The first-order valence-electron chi connectivity index (χ1n) is 10.1. The molecule has 3 aromatic rings. The molecule has 8 heteroatoms. The molecular weight excluding hydrogens is 436 g/mol. The number of nitriles is 1. The molecular formula is C26H22N2O6. The van der Waals surface area contributed by atoms with E-state index in [1.54, 1.807) is 67.8 Å². The highest BCUT2D eigenvalue weighted by molar-refractivity contribution is 6.09. The predicted octanol–water partition coefficient (Wildman–Crippen LogP) is 4.48. The molecule has 0 saturated heterocycles. The van der Waals surface area contributed by atoms with Gasteiger partial charge in [0.25, 0.3) is 5.91 Å². The molecule has 0 aliphatic rings. The maximum atomic E-state index is 12.6. The topological polar surface area (TPSA) is 107 Å². The number of nitrogens with one attached hydrogen (secondary N) is 1. The average Bonchev–Trinajstić information content (AvgIpc) is 2.87. The zero-order valence-electron chi connectivity index (χ0n) is 18.8. The first kappa shape index (κ1) is 23.9. The van der Waals surface area contributed by atoms with Crippen LogP contribution in [-0.2, 0) is 4.79 Å². The van der Waals surface area contributed by atoms with E-state index in [4.69, 9.17) is 18.9 Å². The van der Waals surface area contributed by atoms with Gasteiger partial charge in [-0.3, -0.25) is 4.79 Å². The molecule has 0 atom stereocenters. The van der Waals surface area contributed by atoms with Crippen LogP contribution in [0.1, 0.15) is 15.9 Å². The fourth-order valence-electron chi connectivity index (χ4n) is 2.94. The molecule has 0 aliphatic heterocycles. The van der Waals surface area contributed by atoms with Gasteiger partial charge in [0.2, 0.25) is 0 Å². The molecule has 0 aromatic heterocycles. The molecule has 0 unspecified atom stereocenters. The van der Waals surface area contributed by atoms with Crippen LogP contribution in [0.2, 0.25) is 0 Å². The first-order valence-corrected chi connectivity index (χ1v) is 10.1. The Kier molecular flexibility index (Phi) is 7.87. The van der Waals surface area contributed by atoms with Crippen molar-refractivity contribution in [3.63, 3.8) is 0 Å². The van der Waals surface area contributed by atoms with Crippen LogP contribution in [0.4, 0.5) is 5.69 Å². The van der Waals surface area contributed by atoms with Crippen molar-refractivity contribution >= 4 is 23.6 Å². The maximum absolute atomic E-state index is 12.6. The Morgan fingerprint density at radius 2 is 1.44 bits per heavy atom. The molecule has 0 radical (unpaired) electrons. The van der Waals surface area contributed by atoms with Gasteiger partial charge in [-0.05, 0) is 72.3 Å². The SMILES string of the molecule is COc1ccc(NC(=O)/C(C#N)=C/c2ccc(OC)c(OC(=O)c3ccc(OC)cc3)c2)cc1. The molecule has 3 rings (SSSR count).